The summed E-state index contributed by atoms with van der Waals surface area (Å²) in [5.41, 5.74) is 3.10. The van der Waals surface area contributed by atoms with Crippen LogP contribution in [0.1, 0.15) is 41.0 Å². The van der Waals surface area contributed by atoms with Crippen LogP contribution in [0.3, 0.4) is 0 Å². The highest BCUT2D eigenvalue weighted by Gasteiger charge is 2.26. The van der Waals surface area contributed by atoms with Crippen molar-refractivity contribution in [3.05, 3.63) is 33.5 Å². The van der Waals surface area contributed by atoms with Gasteiger partial charge in [0.2, 0.25) is 5.91 Å². The summed E-state index contributed by atoms with van der Waals surface area (Å²) in [5, 5.41) is 7.58. The van der Waals surface area contributed by atoms with E-state index in [-0.39, 0.29) is 5.91 Å². The zero-order valence-electron chi connectivity index (χ0n) is 13.4. The van der Waals surface area contributed by atoms with Crippen molar-refractivity contribution < 1.29 is 4.79 Å². The van der Waals surface area contributed by atoms with Crippen molar-refractivity contribution in [2.24, 2.45) is 0 Å². The number of aryl methyl sites for hydroxylation is 3. The summed E-state index contributed by atoms with van der Waals surface area (Å²) in [6.45, 7) is 7.67. The number of hydrogen-bond acceptors (Lipinski definition) is 4. The highest BCUT2D eigenvalue weighted by Crippen LogP contribution is 2.23. The molecule has 0 bridgehead atoms. The molecule has 0 aromatic carbocycles. The number of amides is 1. The minimum atomic E-state index is 0.177. The van der Waals surface area contributed by atoms with E-state index in [4.69, 9.17) is 0 Å². The first kappa shape index (κ1) is 15.2. The van der Waals surface area contributed by atoms with Crippen LogP contribution in [0.15, 0.2) is 11.4 Å². The zero-order valence-corrected chi connectivity index (χ0v) is 14.2. The summed E-state index contributed by atoms with van der Waals surface area (Å²) in [6.07, 6.45) is 2.53. The van der Waals surface area contributed by atoms with Crippen molar-refractivity contribution in [1.29, 1.82) is 0 Å². The van der Waals surface area contributed by atoms with Crippen LogP contribution in [0.5, 0.6) is 0 Å². The Morgan fingerprint density at radius 3 is 2.86 bits per heavy atom. The van der Waals surface area contributed by atoms with Gasteiger partial charge >= 0.3 is 0 Å². The quantitative estimate of drug-likeness (QED) is 0.874. The van der Waals surface area contributed by atoms with Crippen molar-refractivity contribution in [2.45, 2.75) is 46.1 Å². The molecule has 0 radical (unpaired) electrons. The maximum atomic E-state index is 12.5. The molecule has 118 valence electrons. The van der Waals surface area contributed by atoms with E-state index in [1.54, 1.807) is 11.3 Å². The first-order valence-corrected chi connectivity index (χ1v) is 8.62. The molecule has 1 amide bonds. The average molecular weight is 318 g/mol. The van der Waals surface area contributed by atoms with Gasteiger partial charge in [0.05, 0.1) is 28.9 Å². The SMILES string of the molecule is Cc1cc(C)n(C2CCCN(C(=O)Cc3csc(C)n3)C2)n1. The van der Waals surface area contributed by atoms with Crippen LogP contribution in [0, 0.1) is 20.8 Å². The van der Waals surface area contributed by atoms with Crippen molar-refractivity contribution in [1.82, 2.24) is 19.7 Å². The van der Waals surface area contributed by atoms with E-state index in [2.05, 4.69) is 27.8 Å². The molecule has 1 unspecified atom stereocenters. The molecule has 1 fully saturated rings. The second-order valence-electron chi connectivity index (χ2n) is 6.04. The van der Waals surface area contributed by atoms with Gasteiger partial charge in [-0.05, 0) is 39.7 Å². The van der Waals surface area contributed by atoms with Gasteiger partial charge in [0, 0.05) is 24.2 Å². The lowest BCUT2D eigenvalue weighted by Crippen LogP contribution is -2.41. The summed E-state index contributed by atoms with van der Waals surface area (Å²) in [4.78, 5) is 18.9. The molecule has 0 saturated carbocycles. The molecule has 0 aliphatic carbocycles. The summed E-state index contributed by atoms with van der Waals surface area (Å²) in [5.74, 6) is 0.177. The van der Waals surface area contributed by atoms with Gasteiger partial charge in [-0.1, -0.05) is 0 Å². The summed E-state index contributed by atoms with van der Waals surface area (Å²) < 4.78 is 2.09. The van der Waals surface area contributed by atoms with Crippen LogP contribution >= 0.6 is 11.3 Å². The van der Waals surface area contributed by atoms with E-state index in [0.717, 1.165) is 42.3 Å². The molecule has 1 atom stereocenters. The van der Waals surface area contributed by atoms with Gasteiger partial charge < -0.3 is 4.90 Å². The number of likely N-dealkylation sites (tertiary alicyclic amines) is 1. The number of nitrogens with zero attached hydrogens (tertiary/aromatic N) is 4. The van der Waals surface area contributed by atoms with Crippen LogP contribution in [-0.2, 0) is 11.2 Å². The number of piperidine rings is 1. The van der Waals surface area contributed by atoms with Gasteiger partial charge in [0.25, 0.3) is 0 Å². The molecule has 22 heavy (non-hydrogen) atoms. The zero-order chi connectivity index (χ0) is 15.7. The maximum Gasteiger partial charge on any atom is 0.228 e. The minimum absolute atomic E-state index is 0.177. The lowest BCUT2D eigenvalue weighted by atomic mass is 10.0. The highest BCUT2D eigenvalue weighted by molar-refractivity contribution is 7.09. The molecule has 3 heterocycles. The van der Waals surface area contributed by atoms with Crippen molar-refractivity contribution in [3.63, 3.8) is 0 Å². The Morgan fingerprint density at radius 2 is 2.23 bits per heavy atom. The highest BCUT2D eigenvalue weighted by atomic mass is 32.1. The van der Waals surface area contributed by atoms with Crippen molar-refractivity contribution in [2.75, 3.05) is 13.1 Å². The third-order valence-corrected chi connectivity index (χ3v) is 4.96. The van der Waals surface area contributed by atoms with Crippen LogP contribution in [0.2, 0.25) is 0 Å². The molecule has 1 saturated heterocycles. The van der Waals surface area contributed by atoms with Gasteiger partial charge in [0.15, 0.2) is 0 Å². The van der Waals surface area contributed by atoms with Crippen LogP contribution in [0.4, 0.5) is 0 Å². The van der Waals surface area contributed by atoms with Crippen LogP contribution in [0.25, 0.3) is 0 Å². The fraction of sp³-hybridized carbons (Fsp3) is 0.562. The van der Waals surface area contributed by atoms with E-state index >= 15 is 0 Å². The number of carbonyl (C=O) groups is 1. The molecule has 0 N–H and O–H groups in total. The van der Waals surface area contributed by atoms with E-state index in [1.807, 2.05) is 24.1 Å². The molecule has 1 aliphatic rings. The smallest absolute Gasteiger partial charge is 0.228 e. The molecule has 0 spiro atoms. The second-order valence-corrected chi connectivity index (χ2v) is 7.10. The number of rotatable bonds is 3. The van der Waals surface area contributed by atoms with Crippen LogP contribution < -0.4 is 0 Å². The molecule has 2 aromatic heterocycles. The summed E-state index contributed by atoms with van der Waals surface area (Å²) in [7, 11) is 0. The number of hydrogen-bond donors (Lipinski definition) is 0. The summed E-state index contributed by atoms with van der Waals surface area (Å²) >= 11 is 1.60. The Labute approximate surface area is 135 Å². The molecule has 3 rings (SSSR count). The Hall–Kier alpha value is -1.69. The maximum absolute atomic E-state index is 12.5. The Bertz CT molecular complexity index is 675. The molecule has 6 heteroatoms. The minimum Gasteiger partial charge on any atom is -0.340 e. The van der Waals surface area contributed by atoms with Gasteiger partial charge in [0.1, 0.15) is 0 Å². The number of carbonyl (C=O) groups excluding carboxylic acids is 1. The second kappa shape index (κ2) is 6.20. The number of thiazole rings is 1. The van der Waals surface area contributed by atoms with Crippen LogP contribution in [-0.4, -0.2) is 38.7 Å². The normalized spacial score (nSPS) is 18.7. The van der Waals surface area contributed by atoms with Gasteiger partial charge in [-0.15, -0.1) is 11.3 Å². The first-order valence-electron chi connectivity index (χ1n) is 7.74. The molecule has 2 aromatic rings. The van der Waals surface area contributed by atoms with Gasteiger partial charge in [-0.25, -0.2) is 4.98 Å². The molecular formula is C16H22N4OS. The van der Waals surface area contributed by atoms with Gasteiger partial charge in [-0.3, -0.25) is 9.48 Å². The third kappa shape index (κ3) is 3.21. The van der Waals surface area contributed by atoms with E-state index in [0.29, 0.717) is 12.5 Å². The third-order valence-electron chi connectivity index (χ3n) is 4.14. The van der Waals surface area contributed by atoms with Crippen molar-refractivity contribution >= 4 is 17.2 Å². The monoisotopic (exact) mass is 318 g/mol. The predicted molar refractivity (Wildman–Crippen MR) is 87.1 cm³/mol. The first-order chi connectivity index (χ1) is 10.5. The topological polar surface area (TPSA) is 51.0 Å². The lowest BCUT2D eigenvalue weighted by Gasteiger charge is -2.33. The Morgan fingerprint density at radius 1 is 1.41 bits per heavy atom. The molecule has 5 nitrogen and oxygen atoms in total. The lowest BCUT2D eigenvalue weighted by molar-refractivity contribution is -0.132. The van der Waals surface area contributed by atoms with Gasteiger partial charge in [-0.2, -0.15) is 5.10 Å². The fourth-order valence-electron chi connectivity index (χ4n) is 3.15. The Kier molecular flexibility index (Phi) is 4.29. The van der Waals surface area contributed by atoms with E-state index < -0.39 is 0 Å². The van der Waals surface area contributed by atoms with Crippen molar-refractivity contribution in [3.8, 4) is 0 Å². The molecule has 1 aliphatic heterocycles. The van der Waals surface area contributed by atoms with E-state index in [1.165, 1.54) is 5.69 Å². The average Bonchev–Trinajstić information content (AvgIpc) is 3.04. The largest absolute Gasteiger partial charge is 0.340 e. The molecular weight excluding hydrogens is 296 g/mol. The Balaban J connectivity index is 1.67. The summed E-state index contributed by atoms with van der Waals surface area (Å²) in [6, 6.07) is 2.39. The fourth-order valence-corrected chi connectivity index (χ4v) is 3.77. The van der Waals surface area contributed by atoms with E-state index in [9.17, 15) is 4.79 Å². The predicted octanol–water partition coefficient (Wildman–Crippen LogP) is 2.67. The standard InChI is InChI=1S/C16H22N4OS/c1-11-7-12(2)20(18-11)15-5-4-6-19(9-15)16(21)8-14-10-22-13(3)17-14/h7,10,15H,4-6,8-9H2,1-3H3. The number of aromatic nitrogens is 3.